The van der Waals surface area contributed by atoms with Crippen LogP contribution in [-0.2, 0) is 10.2 Å². The van der Waals surface area contributed by atoms with E-state index < -0.39 is 0 Å². The number of benzene rings is 1. The van der Waals surface area contributed by atoms with Gasteiger partial charge in [0.05, 0.1) is 0 Å². The Kier molecular flexibility index (Phi) is 3.79. The Labute approximate surface area is 118 Å². The molecule has 0 atom stereocenters. The summed E-state index contributed by atoms with van der Waals surface area (Å²) >= 11 is 6.27. The molecule has 1 aromatic rings. The molecule has 0 bridgehead atoms. The molecular weight excluding hydrogens is 265 g/mol. The lowest BCUT2D eigenvalue weighted by Gasteiger charge is -2.38. The van der Waals surface area contributed by atoms with Crippen LogP contribution in [0, 0.1) is 5.82 Å². The van der Waals surface area contributed by atoms with Crippen LogP contribution in [0.2, 0.25) is 5.02 Å². The first kappa shape index (κ1) is 13.3. The van der Waals surface area contributed by atoms with Gasteiger partial charge in [-0.3, -0.25) is 0 Å². The van der Waals surface area contributed by atoms with Gasteiger partial charge < -0.3 is 10.1 Å². The van der Waals surface area contributed by atoms with E-state index in [0.29, 0.717) is 29.8 Å². The highest BCUT2D eigenvalue weighted by molar-refractivity contribution is 6.31. The molecule has 1 saturated carbocycles. The van der Waals surface area contributed by atoms with Gasteiger partial charge in [0.2, 0.25) is 0 Å². The molecule has 0 spiro atoms. The van der Waals surface area contributed by atoms with Crippen molar-refractivity contribution in [1.29, 1.82) is 0 Å². The summed E-state index contributed by atoms with van der Waals surface area (Å²) in [6, 6.07) is 5.58. The van der Waals surface area contributed by atoms with Crippen LogP contribution < -0.4 is 5.32 Å². The number of nitrogens with one attached hydrogen (secondary N) is 1. The maximum Gasteiger partial charge on any atom is 0.128 e. The van der Waals surface area contributed by atoms with Gasteiger partial charge in [0.15, 0.2) is 0 Å². The van der Waals surface area contributed by atoms with E-state index in [-0.39, 0.29) is 11.2 Å². The molecule has 1 aromatic carbocycles. The standard InChI is InChI=1S/C15H19ClFNO/c16-12-2-1-3-13(17)14(12)15(6-8-19-9-7-15)10-18-11-4-5-11/h1-3,11,18H,4-10H2. The molecule has 2 nitrogen and oxygen atoms in total. The second-order valence-corrected chi connectivity index (χ2v) is 6.05. The first-order valence-electron chi connectivity index (χ1n) is 6.97. The highest BCUT2D eigenvalue weighted by Gasteiger charge is 2.39. The number of halogens is 2. The van der Waals surface area contributed by atoms with Crippen LogP contribution in [0.3, 0.4) is 0 Å². The molecule has 104 valence electrons. The molecule has 4 heteroatoms. The van der Waals surface area contributed by atoms with Gasteiger partial charge in [0, 0.05) is 41.8 Å². The third-order valence-corrected chi connectivity index (χ3v) is 4.56. The van der Waals surface area contributed by atoms with Gasteiger partial charge in [-0.15, -0.1) is 0 Å². The van der Waals surface area contributed by atoms with Gasteiger partial charge in [-0.25, -0.2) is 4.39 Å². The van der Waals surface area contributed by atoms with Crippen LogP contribution >= 0.6 is 11.6 Å². The lowest BCUT2D eigenvalue weighted by Crippen LogP contribution is -2.44. The van der Waals surface area contributed by atoms with E-state index in [2.05, 4.69) is 5.32 Å². The van der Waals surface area contributed by atoms with Gasteiger partial charge in [-0.2, -0.15) is 0 Å². The molecule has 19 heavy (non-hydrogen) atoms. The summed E-state index contributed by atoms with van der Waals surface area (Å²) in [4.78, 5) is 0. The van der Waals surface area contributed by atoms with Gasteiger partial charge in [-0.05, 0) is 37.8 Å². The average Bonchev–Trinajstić information content (AvgIpc) is 3.21. The predicted molar refractivity (Wildman–Crippen MR) is 74.2 cm³/mol. The minimum atomic E-state index is -0.219. The van der Waals surface area contributed by atoms with Crippen molar-refractivity contribution in [1.82, 2.24) is 5.32 Å². The maximum absolute atomic E-state index is 14.3. The van der Waals surface area contributed by atoms with E-state index in [1.807, 2.05) is 0 Å². The van der Waals surface area contributed by atoms with E-state index in [4.69, 9.17) is 16.3 Å². The topological polar surface area (TPSA) is 21.3 Å². The molecule has 0 radical (unpaired) electrons. The van der Waals surface area contributed by atoms with Crippen LogP contribution in [0.5, 0.6) is 0 Å². The van der Waals surface area contributed by atoms with Crippen LogP contribution in [0.4, 0.5) is 4.39 Å². The molecule has 1 aliphatic heterocycles. The lowest BCUT2D eigenvalue weighted by molar-refractivity contribution is 0.0485. The van der Waals surface area contributed by atoms with E-state index in [9.17, 15) is 4.39 Å². The molecule has 3 rings (SSSR count). The van der Waals surface area contributed by atoms with Crippen molar-refractivity contribution in [3.05, 3.63) is 34.6 Å². The number of hydrogen-bond donors (Lipinski definition) is 1. The lowest BCUT2D eigenvalue weighted by atomic mass is 9.73. The highest BCUT2D eigenvalue weighted by atomic mass is 35.5. The Hall–Kier alpha value is -0.640. The highest BCUT2D eigenvalue weighted by Crippen LogP contribution is 2.40. The molecule has 0 amide bonds. The minimum absolute atomic E-state index is 0.188. The summed E-state index contributed by atoms with van der Waals surface area (Å²) in [5.74, 6) is -0.188. The van der Waals surface area contributed by atoms with E-state index in [1.165, 1.54) is 18.9 Å². The molecule has 2 fully saturated rings. The fraction of sp³-hybridized carbons (Fsp3) is 0.600. The van der Waals surface area contributed by atoms with Gasteiger partial charge in [0.25, 0.3) is 0 Å². The molecular formula is C15H19ClFNO. The van der Waals surface area contributed by atoms with Crippen LogP contribution in [0.1, 0.15) is 31.2 Å². The molecule has 0 aromatic heterocycles. The third-order valence-electron chi connectivity index (χ3n) is 4.25. The van der Waals surface area contributed by atoms with Crippen molar-refractivity contribution in [2.24, 2.45) is 0 Å². The SMILES string of the molecule is Fc1cccc(Cl)c1C1(CNC2CC2)CCOCC1. The van der Waals surface area contributed by atoms with Crippen molar-refractivity contribution >= 4 is 11.6 Å². The Bertz CT molecular complexity index is 435. The Balaban J connectivity index is 1.92. The first-order valence-corrected chi connectivity index (χ1v) is 7.35. The Morgan fingerprint density at radius 2 is 2.05 bits per heavy atom. The van der Waals surface area contributed by atoms with Gasteiger partial charge in [0.1, 0.15) is 5.82 Å². The zero-order chi connectivity index (χ0) is 13.3. The van der Waals surface area contributed by atoms with Gasteiger partial charge in [-0.1, -0.05) is 17.7 Å². The molecule has 1 N–H and O–H groups in total. The maximum atomic E-state index is 14.3. The summed E-state index contributed by atoms with van der Waals surface area (Å²) in [5.41, 5.74) is 0.455. The average molecular weight is 284 g/mol. The van der Waals surface area contributed by atoms with E-state index in [1.54, 1.807) is 12.1 Å². The number of hydrogen-bond acceptors (Lipinski definition) is 2. The summed E-state index contributed by atoms with van der Waals surface area (Å²) in [6.07, 6.45) is 4.12. The quantitative estimate of drug-likeness (QED) is 0.916. The zero-order valence-corrected chi connectivity index (χ0v) is 11.7. The number of rotatable bonds is 4. The van der Waals surface area contributed by atoms with Crippen molar-refractivity contribution in [2.45, 2.75) is 37.1 Å². The summed E-state index contributed by atoms with van der Waals surface area (Å²) in [7, 11) is 0. The normalized spacial score (nSPS) is 22.4. The van der Waals surface area contributed by atoms with Crippen molar-refractivity contribution in [3.8, 4) is 0 Å². The smallest absolute Gasteiger partial charge is 0.128 e. The predicted octanol–water partition coefficient (Wildman–Crippen LogP) is 3.28. The number of ether oxygens (including phenoxy) is 1. The molecule has 1 aliphatic carbocycles. The second-order valence-electron chi connectivity index (χ2n) is 5.64. The van der Waals surface area contributed by atoms with Crippen molar-refractivity contribution < 1.29 is 9.13 Å². The molecule has 2 aliphatic rings. The van der Waals surface area contributed by atoms with Crippen molar-refractivity contribution in [3.63, 3.8) is 0 Å². The molecule has 1 heterocycles. The third kappa shape index (κ3) is 2.78. The monoisotopic (exact) mass is 283 g/mol. The van der Waals surface area contributed by atoms with Crippen molar-refractivity contribution in [2.75, 3.05) is 19.8 Å². The fourth-order valence-corrected chi connectivity index (χ4v) is 3.27. The zero-order valence-electron chi connectivity index (χ0n) is 10.9. The van der Waals surface area contributed by atoms with Crippen LogP contribution in [-0.4, -0.2) is 25.8 Å². The largest absolute Gasteiger partial charge is 0.381 e. The summed E-state index contributed by atoms with van der Waals surface area (Å²) in [6.45, 7) is 2.15. The second kappa shape index (κ2) is 5.39. The summed E-state index contributed by atoms with van der Waals surface area (Å²) in [5, 5.41) is 4.08. The van der Waals surface area contributed by atoms with E-state index >= 15 is 0 Å². The minimum Gasteiger partial charge on any atom is -0.381 e. The van der Waals surface area contributed by atoms with Crippen LogP contribution in [0.25, 0.3) is 0 Å². The van der Waals surface area contributed by atoms with E-state index in [0.717, 1.165) is 19.4 Å². The first-order chi connectivity index (χ1) is 9.21. The molecule has 0 unspecified atom stereocenters. The fourth-order valence-electron chi connectivity index (χ4n) is 2.91. The van der Waals surface area contributed by atoms with Crippen LogP contribution in [0.15, 0.2) is 18.2 Å². The Morgan fingerprint density at radius 1 is 1.32 bits per heavy atom. The Morgan fingerprint density at radius 3 is 2.68 bits per heavy atom. The summed E-state index contributed by atoms with van der Waals surface area (Å²) < 4.78 is 19.7. The van der Waals surface area contributed by atoms with Gasteiger partial charge >= 0.3 is 0 Å². The molecule has 1 saturated heterocycles.